The molecular weight excluding hydrogens is 338 g/mol. The number of furan rings is 1. The van der Waals surface area contributed by atoms with E-state index in [9.17, 15) is 4.79 Å². The van der Waals surface area contributed by atoms with Crippen molar-refractivity contribution in [3.8, 4) is 10.8 Å². The van der Waals surface area contributed by atoms with Crippen LogP contribution in [0.1, 0.15) is 18.6 Å². The van der Waals surface area contributed by atoms with Gasteiger partial charge in [-0.3, -0.25) is 4.79 Å². The minimum Gasteiger partial charge on any atom is -0.457 e. The molecule has 6 nitrogen and oxygen atoms in total. The second-order valence-corrected chi connectivity index (χ2v) is 7.06. The van der Waals surface area contributed by atoms with E-state index in [2.05, 4.69) is 10.3 Å². The van der Waals surface area contributed by atoms with Gasteiger partial charge in [-0.05, 0) is 37.1 Å². The lowest BCUT2D eigenvalue weighted by atomic mass is 10.2. The number of fused-ring (bicyclic) bond motifs is 1. The molecule has 0 bridgehead atoms. The highest BCUT2D eigenvalue weighted by Gasteiger charge is 2.29. The van der Waals surface area contributed by atoms with Crippen LogP contribution in [0.15, 0.2) is 40.8 Å². The van der Waals surface area contributed by atoms with Crippen LogP contribution >= 0.6 is 11.3 Å². The third kappa shape index (κ3) is 3.44. The van der Waals surface area contributed by atoms with E-state index >= 15 is 0 Å². The molecule has 1 aliphatic rings. The molecule has 25 heavy (non-hydrogen) atoms. The Morgan fingerprint density at radius 3 is 2.96 bits per heavy atom. The third-order valence-corrected chi connectivity index (χ3v) is 5.32. The molecule has 2 atom stereocenters. The Morgan fingerprint density at radius 1 is 1.28 bits per heavy atom. The smallest absolute Gasteiger partial charge is 0.249 e. The zero-order chi connectivity index (χ0) is 17.2. The maximum atomic E-state index is 12.1. The molecule has 7 heteroatoms. The number of benzene rings is 1. The topological polar surface area (TPSA) is 90.4 Å². The van der Waals surface area contributed by atoms with Crippen LogP contribution in [0.5, 0.6) is 0 Å². The Bertz CT molecular complexity index is 855. The minimum absolute atomic E-state index is 0.00926. The van der Waals surface area contributed by atoms with Crippen LogP contribution in [0.3, 0.4) is 0 Å². The molecule has 1 aromatic carbocycles. The molecule has 1 amide bonds. The van der Waals surface area contributed by atoms with Crippen molar-refractivity contribution in [1.82, 2.24) is 10.3 Å². The molecule has 0 radical (unpaired) electrons. The fraction of sp³-hybridized carbons (Fsp3) is 0.333. The van der Waals surface area contributed by atoms with Crippen molar-refractivity contribution in [3.05, 3.63) is 42.2 Å². The molecule has 0 saturated carbocycles. The molecule has 130 valence electrons. The summed E-state index contributed by atoms with van der Waals surface area (Å²) in [4.78, 5) is 16.7. The standard InChI is InChI=1S/C18H19N3O3S/c19-9-11-5-7-14(23-11)17(22)20-10-12-6-8-15(24-12)18-21-13-3-1-2-4-16(13)25-18/h1-4,6,8,11,14H,5,7,9-10,19H2,(H,20,22)/t11-,14+/m1/s1. The van der Waals surface area contributed by atoms with E-state index in [0.29, 0.717) is 31.0 Å². The molecule has 1 fully saturated rings. The number of carbonyl (C=O) groups excluding carboxylic acids is 1. The maximum Gasteiger partial charge on any atom is 0.249 e. The number of nitrogens with two attached hydrogens (primary N) is 1. The number of para-hydroxylation sites is 1. The number of rotatable bonds is 5. The van der Waals surface area contributed by atoms with E-state index in [1.54, 1.807) is 11.3 Å². The van der Waals surface area contributed by atoms with Gasteiger partial charge in [-0.1, -0.05) is 12.1 Å². The maximum absolute atomic E-state index is 12.1. The molecule has 0 spiro atoms. The second-order valence-electron chi connectivity index (χ2n) is 6.03. The number of thiazole rings is 1. The van der Waals surface area contributed by atoms with Gasteiger partial charge in [-0.2, -0.15) is 0 Å². The SMILES string of the molecule is NC[C@H]1CC[C@@H](C(=O)NCc2ccc(-c3nc4ccccc4s3)o2)O1. The minimum atomic E-state index is -0.410. The average molecular weight is 357 g/mol. The van der Waals surface area contributed by atoms with E-state index in [1.807, 2.05) is 36.4 Å². The monoisotopic (exact) mass is 357 g/mol. The fourth-order valence-corrected chi connectivity index (χ4v) is 3.85. The number of amides is 1. The summed E-state index contributed by atoms with van der Waals surface area (Å²) >= 11 is 1.59. The van der Waals surface area contributed by atoms with Crippen molar-refractivity contribution in [2.75, 3.05) is 6.54 Å². The summed E-state index contributed by atoms with van der Waals surface area (Å²) in [6.07, 6.45) is 1.12. The summed E-state index contributed by atoms with van der Waals surface area (Å²) in [5, 5.41) is 3.70. The molecular formula is C18H19N3O3S. The van der Waals surface area contributed by atoms with Gasteiger partial charge in [-0.25, -0.2) is 4.98 Å². The number of ether oxygens (including phenoxy) is 1. The Hall–Kier alpha value is -2.22. The first-order chi connectivity index (χ1) is 12.2. The quantitative estimate of drug-likeness (QED) is 0.733. The molecule has 2 aromatic heterocycles. The van der Waals surface area contributed by atoms with Gasteiger partial charge < -0.3 is 20.2 Å². The van der Waals surface area contributed by atoms with Gasteiger partial charge >= 0.3 is 0 Å². The van der Waals surface area contributed by atoms with Gasteiger partial charge in [0, 0.05) is 6.54 Å². The van der Waals surface area contributed by atoms with Crippen LogP contribution in [0.25, 0.3) is 21.0 Å². The van der Waals surface area contributed by atoms with Crippen LogP contribution in [0.4, 0.5) is 0 Å². The van der Waals surface area contributed by atoms with Crippen LogP contribution < -0.4 is 11.1 Å². The summed E-state index contributed by atoms with van der Waals surface area (Å²) in [7, 11) is 0. The largest absolute Gasteiger partial charge is 0.457 e. The highest BCUT2D eigenvalue weighted by molar-refractivity contribution is 7.21. The van der Waals surface area contributed by atoms with Crippen molar-refractivity contribution < 1.29 is 13.9 Å². The Kier molecular flexibility index (Phi) is 4.52. The molecule has 3 aromatic rings. The highest BCUT2D eigenvalue weighted by atomic mass is 32.1. The third-order valence-electron chi connectivity index (χ3n) is 4.27. The van der Waals surface area contributed by atoms with E-state index in [0.717, 1.165) is 21.6 Å². The van der Waals surface area contributed by atoms with Crippen molar-refractivity contribution in [2.45, 2.75) is 31.6 Å². The first kappa shape index (κ1) is 16.3. The Balaban J connectivity index is 1.39. The summed E-state index contributed by atoms with van der Waals surface area (Å²) in [6, 6.07) is 11.7. The fourth-order valence-electron chi connectivity index (χ4n) is 2.93. The number of aromatic nitrogens is 1. The predicted octanol–water partition coefficient (Wildman–Crippen LogP) is 2.68. The first-order valence-electron chi connectivity index (χ1n) is 8.31. The highest BCUT2D eigenvalue weighted by Crippen LogP contribution is 2.31. The molecule has 4 rings (SSSR count). The van der Waals surface area contributed by atoms with E-state index in [-0.39, 0.29) is 12.0 Å². The number of nitrogens with zero attached hydrogens (tertiary/aromatic N) is 1. The number of carbonyl (C=O) groups is 1. The Labute approximate surface area is 149 Å². The molecule has 3 heterocycles. The van der Waals surface area contributed by atoms with Crippen LogP contribution in [-0.2, 0) is 16.1 Å². The van der Waals surface area contributed by atoms with Gasteiger partial charge in [0.05, 0.1) is 22.9 Å². The van der Waals surface area contributed by atoms with Crippen molar-refractivity contribution in [1.29, 1.82) is 0 Å². The zero-order valence-corrected chi connectivity index (χ0v) is 14.4. The number of hydrogen-bond donors (Lipinski definition) is 2. The van der Waals surface area contributed by atoms with Crippen molar-refractivity contribution in [2.24, 2.45) is 5.73 Å². The van der Waals surface area contributed by atoms with Gasteiger partial charge in [0.25, 0.3) is 0 Å². The summed E-state index contributed by atoms with van der Waals surface area (Å²) in [6.45, 7) is 0.782. The van der Waals surface area contributed by atoms with Gasteiger partial charge in [-0.15, -0.1) is 11.3 Å². The lowest BCUT2D eigenvalue weighted by molar-refractivity contribution is -0.132. The average Bonchev–Trinajstić information content (AvgIpc) is 3.37. The van der Waals surface area contributed by atoms with Crippen molar-refractivity contribution in [3.63, 3.8) is 0 Å². The van der Waals surface area contributed by atoms with E-state index in [1.165, 1.54) is 0 Å². The first-order valence-corrected chi connectivity index (χ1v) is 9.12. The van der Waals surface area contributed by atoms with Gasteiger partial charge in [0.15, 0.2) is 10.8 Å². The molecule has 1 saturated heterocycles. The zero-order valence-electron chi connectivity index (χ0n) is 13.6. The normalized spacial score (nSPS) is 20.2. The van der Waals surface area contributed by atoms with Crippen LogP contribution in [0, 0.1) is 0 Å². The molecule has 0 aliphatic carbocycles. The predicted molar refractivity (Wildman–Crippen MR) is 96.1 cm³/mol. The molecule has 0 unspecified atom stereocenters. The van der Waals surface area contributed by atoms with E-state index in [4.69, 9.17) is 14.9 Å². The molecule has 3 N–H and O–H groups in total. The van der Waals surface area contributed by atoms with E-state index < -0.39 is 6.10 Å². The number of hydrogen-bond acceptors (Lipinski definition) is 6. The Morgan fingerprint density at radius 2 is 2.16 bits per heavy atom. The summed E-state index contributed by atoms with van der Waals surface area (Å²) in [5.41, 5.74) is 6.53. The second kappa shape index (κ2) is 6.95. The van der Waals surface area contributed by atoms with Crippen LogP contribution in [-0.4, -0.2) is 29.6 Å². The summed E-state index contributed by atoms with van der Waals surface area (Å²) in [5.74, 6) is 1.29. The lowest BCUT2D eigenvalue weighted by Crippen LogP contribution is -2.35. The summed E-state index contributed by atoms with van der Waals surface area (Å²) < 4.78 is 12.5. The van der Waals surface area contributed by atoms with Crippen molar-refractivity contribution >= 4 is 27.5 Å². The lowest BCUT2D eigenvalue weighted by Gasteiger charge is -2.11. The van der Waals surface area contributed by atoms with Gasteiger partial charge in [0.1, 0.15) is 11.9 Å². The van der Waals surface area contributed by atoms with Crippen LogP contribution in [0.2, 0.25) is 0 Å². The van der Waals surface area contributed by atoms with Gasteiger partial charge in [0.2, 0.25) is 5.91 Å². The number of nitrogens with one attached hydrogen (secondary N) is 1. The molecule has 1 aliphatic heterocycles.